The van der Waals surface area contributed by atoms with E-state index in [0.717, 1.165) is 19.2 Å². The van der Waals surface area contributed by atoms with Crippen molar-refractivity contribution < 1.29 is 27.2 Å². The summed E-state index contributed by atoms with van der Waals surface area (Å²) in [4.78, 5) is 15.2. The summed E-state index contributed by atoms with van der Waals surface area (Å²) in [5.74, 6) is -0.732. The maximum atomic E-state index is 13.9. The first kappa shape index (κ1) is 20.2. The Kier molecular flexibility index (Phi) is 6.15. The molecule has 0 spiro atoms. The number of hydrogen-bond donors (Lipinski definition) is 1. The molecule has 2 heterocycles. The van der Waals surface area contributed by atoms with E-state index < -0.39 is 15.8 Å². The minimum absolute atomic E-state index is 0.0224. The van der Waals surface area contributed by atoms with Gasteiger partial charge in [0.25, 0.3) is 5.91 Å². The van der Waals surface area contributed by atoms with Gasteiger partial charge in [-0.2, -0.15) is 4.31 Å². The van der Waals surface area contributed by atoms with Gasteiger partial charge in [0.05, 0.1) is 0 Å². The molecule has 0 aliphatic carbocycles. The number of morpholine rings is 1. The molecule has 0 saturated carbocycles. The summed E-state index contributed by atoms with van der Waals surface area (Å²) in [5, 5.41) is 0. The third-order valence-electron chi connectivity index (χ3n) is 5.06. The van der Waals surface area contributed by atoms with Crippen LogP contribution in [0.3, 0.4) is 0 Å². The van der Waals surface area contributed by atoms with E-state index in [2.05, 4.69) is 0 Å². The summed E-state index contributed by atoms with van der Waals surface area (Å²) in [6.07, 6.45) is 0.249. The molecule has 0 bridgehead atoms. The van der Waals surface area contributed by atoms with Gasteiger partial charge in [-0.15, -0.1) is 0 Å². The van der Waals surface area contributed by atoms with Gasteiger partial charge in [0, 0.05) is 26.2 Å². The largest absolute Gasteiger partial charge is 0.364 e. The molecule has 1 aromatic carbocycles. The zero-order valence-electron chi connectivity index (χ0n) is 15.7. The Morgan fingerprint density at radius 2 is 1.74 bits per heavy atom. The maximum Gasteiger partial charge on any atom is 0.277 e. The van der Waals surface area contributed by atoms with Gasteiger partial charge in [-0.25, -0.2) is 12.8 Å². The van der Waals surface area contributed by atoms with Gasteiger partial charge in [-0.1, -0.05) is 12.1 Å². The van der Waals surface area contributed by atoms with E-state index >= 15 is 0 Å². The highest BCUT2D eigenvalue weighted by atomic mass is 32.2. The van der Waals surface area contributed by atoms with Gasteiger partial charge >= 0.3 is 0 Å². The van der Waals surface area contributed by atoms with Crippen LogP contribution >= 0.6 is 0 Å². The van der Waals surface area contributed by atoms with Gasteiger partial charge in [-0.05, 0) is 26.0 Å². The number of rotatable bonds is 4. The van der Waals surface area contributed by atoms with Crippen LogP contribution in [0, 0.1) is 5.82 Å². The number of piperazine rings is 1. The Bertz CT molecular complexity index is 771. The number of ether oxygens (including phenoxy) is 1. The van der Waals surface area contributed by atoms with Crippen LogP contribution in [0.25, 0.3) is 0 Å². The van der Waals surface area contributed by atoms with Gasteiger partial charge in [0.15, 0.2) is 6.54 Å². The molecule has 2 saturated heterocycles. The minimum atomic E-state index is -3.88. The number of amides is 1. The third kappa shape index (κ3) is 4.66. The molecular formula is C18H27FN3O4S+. The summed E-state index contributed by atoms with van der Waals surface area (Å²) < 4.78 is 46.1. The lowest BCUT2D eigenvalue weighted by atomic mass is 10.2. The highest BCUT2D eigenvalue weighted by molar-refractivity contribution is 7.89. The van der Waals surface area contributed by atoms with Crippen LogP contribution in [-0.4, -0.2) is 81.6 Å². The highest BCUT2D eigenvalue weighted by Gasteiger charge is 2.34. The second-order valence-electron chi connectivity index (χ2n) is 7.31. The predicted octanol–water partition coefficient (Wildman–Crippen LogP) is -0.649. The van der Waals surface area contributed by atoms with Crippen molar-refractivity contribution in [2.75, 3.05) is 45.8 Å². The second kappa shape index (κ2) is 8.22. The van der Waals surface area contributed by atoms with E-state index in [0.29, 0.717) is 19.6 Å². The first-order valence-electron chi connectivity index (χ1n) is 9.29. The van der Waals surface area contributed by atoms with E-state index in [9.17, 15) is 17.6 Å². The Labute approximate surface area is 159 Å². The summed E-state index contributed by atoms with van der Waals surface area (Å²) >= 11 is 0. The van der Waals surface area contributed by atoms with Crippen molar-refractivity contribution in [3.05, 3.63) is 30.1 Å². The van der Waals surface area contributed by atoms with Gasteiger partial charge in [-0.3, -0.25) is 4.79 Å². The minimum Gasteiger partial charge on any atom is -0.364 e. The molecule has 27 heavy (non-hydrogen) atoms. The zero-order chi connectivity index (χ0) is 19.6. The Morgan fingerprint density at radius 3 is 2.33 bits per heavy atom. The van der Waals surface area contributed by atoms with Crippen LogP contribution in [0.4, 0.5) is 4.39 Å². The number of nitrogens with zero attached hydrogens (tertiary/aromatic N) is 2. The smallest absolute Gasteiger partial charge is 0.277 e. The molecule has 7 nitrogen and oxygen atoms in total. The second-order valence-corrected chi connectivity index (χ2v) is 9.21. The topological polar surface area (TPSA) is 71.4 Å². The number of carbonyl (C=O) groups excluding carboxylic acids is 1. The average molecular weight is 400 g/mol. The molecule has 1 N–H and O–H groups in total. The van der Waals surface area contributed by atoms with Gasteiger partial charge in [0.1, 0.15) is 36.0 Å². The number of nitrogens with one attached hydrogen (secondary N) is 1. The quantitative estimate of drug-likeness (QED) is 0.729. The Balaban J connectivity index is 1.57. The highest BCUT2D eigenvalue weighted by Crippen LogP contribution is 2.20. The van der Waals surface area contributed by atoms with Crippen LogP contribution in [0.2, 0.25) is 0 Å². The molecule has 1 aromatic rings. The molecule has 2 fully saturated rings. The molecule has 1 amide bonds. The van der Waals surface area contributed by atoms with Crippen LogP contribution in [0.5, 0.6) is 0 Å². The summed E-state index contributed by atoms with van der Waals surface area (Å²) in [6.45, 7) is 6.97. The molecular weight excluding hydrogens is 373 g/mol. The van der Waals surface area contributed by atoms with Crippen molar-refractivity contribution in [2.24, 2.45) is 0 Å². The van der Waals surface area contributed by atoms with E-state index in [1.165, 1.54) is 27.4 Å². The molecule has 3 rings (SSSR count). The fourth-order valence-electron chi connectivity index (χ4n) is 3.83. The summed E-state index contributed by atoms with van der Waals surface area (Å²) in [5.41, 5.74) is 0. The Morgan fingerprint density at radius 1 is 1.15 bits per heavy atom. The molecule has 0 unspecified atom stereocenters. The molecule has 2 aliphatic heterocycles. The fourth-order valence-corrected chi connectivity index (χ4v) is 5.32. The third-order valence-corrected chi connectivity index (χ3v) is 7.00. The number of sulfonamides is 1. The van der Waals surface area contributed by atoms with Crippen LogP contribution in [0.1, 0.15) is 13.8 Å². The van der Waals surface area contributed by atoms with E-state index in [-0.39, 0.29) is 36.1 Å². The Hall–Kier alpha value is -1.55. The first-order chi connectivity index (χ1) is 12.8. The van der Waals surface area contributed by atoms with Crippen molar-refractivity contribution in [1.82, 2.24) is 9.21 Å². The summed E-state index contributed by atoms with van der Waals surface area (Å²) in [6, 6.07) is 5.37. The van der Waals surface area contributed by atoms with Gasteiger partial charge in [0.2, 0.25) is 10.0 Å². The van der Waals surface area contributed by atoms with Crippen molar-refractivity contribution >= 4 is 15.9 Å². The first-order valence-corrected chi connectivity index (χ1v) is 10.7. The lowest BCUT2D eigenvalue weighted by Gasteiger charge is -2.36. The normalized spacial score (nSPS) is 27.5. The average Bonchev–Trinajstić information content (AvgIpc) is 2.61. The lowest BCUT2D eigenvalue weighted by Crippen LogP contribution is -3.16. The monoisotopic (exact) mass is 400 g/mol. The number of quaternary nitrogens is 1. The van der Waals surface area contributed by atoms with Crippen molar-refractivity contribution in [2.45, 2.75) is 31.0 Å². The standard InChI is InChI=1S/C18H26FN3O4S/c1-14-11-20(12-15(2)26-14)13-18(23)21-7-9-22(10-8-21)27(24,25)17-6-4-3-5-16(17)19/h3-6,14-15H,7-13H2,1-2H3/p+1/t14-,15-/m0/s1. The number of hydrogen-bond acceptors (Lipinski definition) is 4. The van der Waals surface area contributed by atoms with E-state index in [1.54, 1.807) is 4.90 Å². The molecule has 2 aliphatic rings. The van der Waals surface area contributed by atoms with Crippen molar-refractivity contribution in [1.29, 1.82) is 0 Å². The fraction of sp³-hybridized carbons (Fsp3) is 0.611. The van der Waals surface area contributed by atoms with Crippen molar-refractivity contribution in [3.63, 3.8) is 0 Å². The number of benzene rings is 1. The molecule has 150 valence electrons. The number of carbonyl (C=O) groups is 1. The van der Waals surface area contributed by atoms with Crippen LogP contribution < -0.4 is 4.90 Å². The zero-order valence-corrected chi connectivity index (χ0v) is 16.5. The van der Waals surface area contributed by atoms with E-state index in [1.807, 2.05) is 13.8 Å². The number of halogens is 1. The van der Waals surface area contributed by atoms with Gasteiger partial charge < -0.3 is 14.5 Å². The summed E-state index contributed by atoms with van der Waals surface area (Å²) in [7, 11) is -3.88. The molecule has 9 heteroatoms. The lowest BCUT2D eigenvalue weighted by molar-refractivity contribution is -0.907. The molecule has 0 aromatic heterocycles. The molecule has 2 atom stereocenters. The van der Waals surface area contributed by atoms with Crippen LogP contribution in [-0.2, 0) is 19.6 Å². The SMILES string of the molecule is C[C@H]1C[NH+](CC(=O)N2CCN(S(=O)(=O)c3ccccc3F)CC2)C[C@H](C)O1. The maximum absolute atomic E-state index is 13.9. The van der Waals surface area contributed by atoms with E-state index in [4.69, 9.17) is 4.74 Å². The van der Waals surface area contributed by atoms with Crippen LogP contribution in [0.15, 0.2) is 29.2 Å². The van der Waals surface area contributed by atoms with Crippen molar-refractivity contribution in [3.8, 4) is 0 Å². The predicted molar refractivity (Wildman–Crippen MR) is 97.3 cm³/mol. The molecule has 0 radical (unpaired) electrons.